The van der Waals surface area contributed by atoms with Crippen LogP contribution in [0.5, 0.6) is 0 Å². The lowest BCUT2D eigenvalue weighted by atomic mass is 10.0. The second-order valence-corrected chi connectivity index (χ2v) is 6.90. The van der Waals surface area contributed by atoms with E-state index in [1.54, 1.807) is 37.3 Å². The fraction of sp³-hybridized carbons (Fsp3) is 0.217. The van der Waals surface area contributed by atoms with Crippen LogP contribution in [0.2, 0.25) is 0 Å². The molecule has 0 aromatic heterocycles. The fourth-order valence-corrected chi connectivity index (χ4v) is 2.80. The Morgan fingerprint density at radius 1 is 1.19 bits per heavy atom. The molecular formula is C23H25F3N4O2. The number of halogens is 3. The van der Waals surface area contributed by atoms with E-state index < -0.39 is 11.7 Å². The van der Waals surface area contributed by atoms with Crippen molar-refractivity contribution in [3.63, 3.8) is 0 Å². The Morgan fingerprint density at radius 3 is 2.38 bits per heavy atom. The van der Waals surface area contributed by atoms with E-state index in [4.69, 9.17) is 16.3 Å². The summed E-state index contributed by atoms with van der Waals surface area (Å²) in [6.45, 7) is 1.69. The van der Waals surface area contributed by atoms with Crippen molar-refractivity contribution in [3.05, 3.63) is 82.7 Å². The summed E-state index contributed by atoms with van der Waals surface area (Å²) in [6, 6.07) is 9.85. The number of ketones is 1. The third kappa shape index (κ3) is 6.45. The van der Waals surface area contributed by atoms with Gasteiger partial charge in [-0.15, -0.1) is 0 Å². The Hall–Kier alpha value is -3.59. The van der Waals surface area contributed by atoms with E-state index in [1.807, 2.05) is 0 Å². The molecular weight excluding hydrogens is 421 g/mol. The Labute approximate surface area is 184 Å². The largest absolute Gasteiger partial charge is 0.484 e. The minimum atomic E-state index is -4.37. The molecule has 0 amide bonds. The van der Waals surface area contributed by atoms with Crippen LogP contribution in [0.15, 0.2) is 65.4 Å². The monoisotopic (exact) mass is 446 g/mol. The van der Waals surface area contributed by atoms with Crippen LogP contribution in [0.4, 0.5) is 18.9 Å². The average Bonchev–Trinajstić information content (AvgIpc) is 2.74. The molecule has 0 saturated carbocycles. The number of carbonyl (C=O) groups is 1. The van der Waals surface area contributed by atoms with Crippen LogP contribution < -0.4 is 11.6 Å². The van der Waals surface area contributed by atoms with E-state index in [0.717, 1.165) is 23.3 Å². The molecule has 0 radical (unpaired) electrons. The van der Waals surface area contributed by atoms with E-state index in [1.165, 1.54) is 26.3 Å². The predicted octanol–water partition coefficient (Wildman–Crippen LogP) is 4.45. The van der Waals surface area contributed by atoms with E-state index in [0.29, 0.717) is 34.7 Å². The van der Waals surface area contributed by atoms with Crippen molar-refractivity contribution >= 4 is 23.4 Å². The van der Waals surface area contributed by atoms with Gasteiger partial charge in [0.2, 0.25) is 5.78 Å². The lowest BCUT2D eigenvalue weighted by Crippen LogP contribution is -2.30. The molecule has 0 heterocycles. The predicted molar refractivity (Wildman–Crippen MR) is 119 cm³/mol. The number of aliphatic imine (C=N–C) groups is 1. The van der Waals surface area contributed by atoms with Gasteiger partial charge in [-0.25, -0.2) is 10.8 Å². The zero-order valence-corrected chi connectivity index (χ0v) is 18.0. The van der Waals surface area contributed by atoms with Crippen LogP contribution >= 0.6 is 0 Å². The van der Waals surface area contributed by atoms with E-state index >= 15 is 0 Å². The summed E-state index contributed by atoms with van der Waals surface area (Å²) in [6.07, 6.45) is 0.671. The molecule has 4 N–H and O–H groups in total. The quantitative estimate of drug-likeness (QED) is 0.164. The van der Waals surface area contributed by atoms with Gasteiger partial charge in [-0.1, -0.05) is 24.3 Å². The van der Waals surface area contributed by atoms with Crippen LogP contribution in [-0.2, 0) is 17.3 Å². The highest BCUT2D eigenvalue weighted by Crippen LogP contribution is 2.29. The van der Waals surface area contributed by atoms with Gasteiger partial charge in [-0.2, -0.15) is 13.2 Å². The first-order valence-corrected chi connectivity index (χ1v) is 9.57. The molecule has 0 aliphatic rings. The molecule has 32 heavy (non-hydrogen) atoms. The van der Waals surface area contributed by atoms with Crippen molar-refractivity contribution in [1.82, 2.24) is 5.01 Å². The molecule has 0 fully saturated rings. The summed E-state index contributed by atoms with van der Waals surface area (Å²) in [7, 11) is 2.99. The number of hydrazine groups is 1. The number of ether oxygens (including phenoxy) is 1. The molecule has 2 aromatic carbocycles. The molecule has 0 spiro atoms. The number of nitrogens with zero attached hydrogens (tertiary/aromatic N) is 2. The van der Waals surface area contributed by atoms with Gasteiger partial charge >= 0.3 is 6.18 Å². The highest BCUT2D eigenvalue weighted by molar-refractivity contribution is 6.08. The summed E-state index contributed by atoms with van der Waals surface area (Å²) < 4.78 is 43.3. The fourth-order valence-electron chi connectivity index (χ4n) is 2.80. The number of hydrogen-bond donors (Lipinski definition) is 2. The Kier molecular flexibility index (Phi) is 8.20. The summed E-state index contributed by atoms with van der Waals surface area (Å²) in [4.78, 5) is 17.1. The number of hydrogen-bond acceptors (Lipinski definition) is 6. The molecule has 0 atom stereocenters. The Morgan fingerprint density at radius 2 is 1.84 bits per heavy atom. The van der Waals surface area contributed by atoms with Gasteiger partial charge in [0.15, 0.2) is 5.90 Å². The lowest BCUT2D eigenvalue weighted by molar-refractivity contribution is -0.137. The van der Waals surface area contributed by atoms with Crippen LogP contribution in [0.3, 0.4) is 0 Å². The molecule has 6 nitrogen and oxygen atoms in total. The van der Waals surface area contributed by atoms with Gasteiger partial charge in [0.25, 0.3) is 0 Å². The standard InChI is InChI=1S/C23H25F3N4O2/c1-15(32-3)29-20-12-9-18(22(31)21(14-27)30(2)28)13-17(20)6-4-5-16-7-10-19(11-8-16)23(24,25)26/h4,6-14H,5,27-28H2,1-3H3/b6-4+,21-14-,29-15+. The van der Waals surface area contributed by atoms with Crippen LogP contribution in [0.25, 0.3) is 6.08 Å². The van der Waals surface area contributed by atoms with Gasteiger partial charge in [0.05, 0.1) is 18.4 Å². The first kappa shape index (κ1) is 24.7. The van der Waals surface area contributed by atoms with Crippen molar-refractivity contribution in [2.45, 2.75) is 19.5 Å². The molecule has 2 aromatic rings. The van der Waals surface area contributed by atoms with Gasteiger partial charge in [0, 0.05) is 31.3 Å². The summed E-state index contributed by atoms with van der Waals surface area (Å²) in [5.74, 6) is 5.72. The highest BCUT2D eigenvalue weighted by Gasteiger charge is 2.29. The van der Waals surface area contributed by atoms with Gasteiger partial charge < -0.3 is 15.5 Å². The topological polar surface area (TPSA) is 93.9 Å². The SMILES string of the molecule is CO/C(C)=N/c1ccc(C(=O)/C(=C/N)N(C)N)cc1/C=C/Cc1ccc(C(F)(F)F)cc1. The van der Waals surface area contributed by atoms with Crippen molar-refractivity contribution < 1.29 is 22.7 Å². The maximum Gasteiger partial charge on any atom is 0.416 e. The van der Waals surface area contributed by atoms with E-state index in [9.17, 15) is 18.0 Å². The Balaban J connectivity index is 2.35. The lowest BCUT2D eigenvalue weighted by Gasteiger charge is -2.15. The highest BCUT2D eigenvalue weighted by atomic mass is 19.4. The van der Waals surface area contributed by atoms with Crippen molar-refractivity contribution in [1.29, 1.82) is 0 Å². The number of allylic oxidation sites excluding steroid dienone is 2. The number of Topliss-reactive ketones (excluding diaryl/α,β-unsaturated/α-hetero) is 1. The van der Waals surface area contributed by atoms with E-state index in [2.05, 4.69) is 4.99 Å². The third-order valence-corrected chi connectivity index (χ3v) is 4.57. The molecule has 170 valence electrons. The first-order valence-electron chi connectivity index (χ1n) is 9.57. The molecule has 0 saturated heterocycles. The maximum atomic E-state index is 12.7. The Bertz CT molecular complexity index is 1040. The summed E-state index contributed by atoms with van der Waals surface area (Å²) >= 11 is 0. The molecule has 0 unspecified atom stereocenters. The second kappa shape index (κ2) is 10.6. The zero-order chi connectivity index (χ0) is 23.9. The number of rotatable bonds is 7. The smallest absolute Gasteiger partial charge is 0.416 e. The van der Waals surface area contributed by atoms with E-state index in [-0.39, 0.29) is 11.5 Å². The number of benzene rings is 2. The van der Waals surface area contributed by atoms with Crippen molar-refractivity contribution in [2.24, 2.45) is 16.6 Å². The normalized spacial score (nSPS) is 12.8. The van der Waals surface area contributed by atoms with Crippen molar-refractivity contribution in [3.8, 4) is 0 Å². The van der Waals surface area contributed by atoms with Gasteiger partial charge in [-0.3, -0.25) is 4.79 Å². The molecule has 2 rings (SSSR count). The van der Waals surface area contributed by atoms with Crippen LogP contribution in [-0.4, -0.2) is 30.8 Å². The maximum absolute atomic E-state index is 12.7. The number of nitrogens with two attached hydrogens (primary N) is 2. The van der Waals surface area contributed by atoms with Gasteiger partial charge in [-0.05, 0) is 42.3 Å². The molecule has 0 bridgehead atoms. The molecule has 0 aliphatic carbocycles. The van der Waals surface area contributed by atoms with Gasteiger partial charge in [0.1, 0.15) is 5.70 Å². The number of methoxy groups -OCH3 is 1. The first-order chi connectivity index (χ1) is 15.1. The number of likely N-dealkylation sites (N-methyl/N-ethyl adjacent to an activating group) is 1. The van der Waals surface area contributed by atoms with Crippen molar-refractivity contribution in [2.75, 3.05) is 14.2 Å². The minimum Gasteiger partial charge on any atom is -0.484 e. The third-order valence-electron chi connectivity index (χ3n) is 4.57. The molecule has 9 heteroatoms. The summed E-state index contributed by atoms with van der Waals surface area (Å²) in [5.41, 5.74) is 7.18. The second-order valence-electron chi connectivity index (χ2n) is 6.90. The number of carbonyl (C=O) groups excluding carboxylic acids is 1. The zero-order valence-electron chi connectivity index (χ0n) is 18.0. The minimum absolute atomic E-state index is 0.119. The average molecular weight is 446 g/mol. The summed E-state index contributed by atoms with van der Waals surface area (Å²) in [5, 5.41) is 1.13. The van der Waals surface area contributed by atoms with Crippen LogP contribution in [0.1, 0.15) is 34.0 Å². The number of alkyl halides is 3. The van der Waals surface area contributed by atoms with Crippen LogP contribution in [0, 0.1) is 0 Å². The molecule has 0 aliphatic heterocycles.